The van der Waals surface area contributed by atoms with Gasteiger partial charge in [-0.3, -0.25) is 4.98 Å². The molecular weight excluding hydrogens is 164 g/mol. The molecule has 3 heteroatoms. The molecule has 0 bridgehead atoms. The summed E-state index contributed by atoms with van der Waals surface area (Å²) in [5.74, 6) is 0.740. The number of hydrogen-bond acceptors (Lipinski definition) is 3. The van der Waals surface area contributed by atoms with E-state index in [1.54, 1.807) is 12.4 Å². The minimum Gasteiger partial charge on any atom is -0.490 e. The van der Waals surface area contributed by atoms with Gasteiger partial charge >= 0.3 is 0 Å². The summed E-state index contributed by atoms with van der Waals surface area (Å²) in [6.45, 7) is 0.495. The van der Waals surface area contributed by atoms with E-state index in [-0.39, 0.29) is 5.41 Å². The van der Waals surface area contributed by atoms with Gasteiger partial charge in [0.1, 0.15) is 12.4 Å². The average Bonchev–Trinajstić information content (AvgIpc) is 2.97. The van der Waals surface area contributed by atoms with E-state index >= 15 is 0 Å². The number of rotatable bonds is 3. The van der Waals surface area contributed by atoms with Crippen molar-refractivity contribution in [3.63, 3.8) is 0 Å². The molecule has 1 heterocycles. The first kappa shape index (κ1) is 8.06. The van der Waals surface area contributed by atoms with E-state index in [0.717, 1.165) is 18.6 Å². The van der Waals surface area contributed by atoms with Crippen molar-refractivity contribution >= 4 is 0 Å². The van der Waals surface area contributed by atoms with E-state index in [9.17, 15) is 0 Å². The lowest BCUT2D eigenvalue weighted by Crippen LogP contribution is -2.10. The van der Waals surface area contributed by atoms with Crippen LogP contribution in [-0.4, -0.2) is 11.6 Å². The minimum atomic E-state index is -0.199. The third kappa shape index (κ3) is 1.78. The van der Waals surface area contributed by atoms with E-state index in [2.05, 4.69) is 11.1 Å². The fourth-order valence-corrected chi connectivity index (χ4v) is 1.09. The first-order valence-corrected chi connectivity index (χ1v) is 4.29. The highest BCUT2D eigenvalue weighted by molar-refractivity contribution is 5.17. The lowest BCUT2D eigenvalue weighted by molar-refractivity contribution is 0.268. The summed E-state index contributed by atoms with van der Waals surface area (Å²) in [5, 5.41) is 8.79. The van der Waals surface area contributed by atoms with Crippen LogP contribution in [0.15, 0.2) is 24.5 Å². The topological polar surface area (TPSA) is 45.9 Å². The Bertz CT molecular complexity index is 325. The molecule has 0 aromatic carbocycles. The lowest BCUT2D eigenvalue weighted by atomic mass is 10.1. The SMILES string of the molecule is N#CC1(COc2cccnc2)CC1. The zero-order chi connectivity index (χ0) is 9.15. The highest BCUT2D eigenvalue weighted by atomic mass is 16.5. The lowest BCUT2D eigenvalue weighted by Gasteiger charge is -2.07. The van der Waals surface area contributed by atoms with Crippen molar-refractivity contribution in [1.82, 2.24) is 4.98 Å². The summed E-state index contributed by atoms with van der Waals surface area (Å²) in [6, 6.07) is 5.95. The second-order valence-electron chi connectivity index (χ2n) is 3.37. The zero-order valence-corrected chi connectivity index (χ0v) is 7.23. The Hall–Kier alpha value is -1.56. The van der Waals surface area contributed by atoms with E-state index in [0.29, 0.717) is 6.61 Å². The van der Waals surface area contributed by atoms with E-state index in [4.69, 9.17) is 10.00 Å². The molecule has 0 N–H and O–H groups in total. The number of pyridine rings is 1. The van der Waals surface area contributed by atoms with Crippen molar-refractivity contribution in [3.05, 3.63) is 24.5 Å². The van der Waals surface area contributed by atoms with Crippen molar-refractivity contribution < 1.29 is 4.74 Å². The third-order valence-electron chi connectivity index (χ3n) is 2.24. The Morgan fingerprint density at radius 3 is 3.00 bits per heavy atom. The Morgan fingerprint density at radius 1 is 1.62 bits per heavy atom. The van der Waals surface area contributed by atoms with Gasteiger partial charge in [0.15, 0.2) is 0 Å². The van der Waals surface area contributed by atoms with Gasteiger partial charge in [0.05, 0.1) is 17.7 Å². The third-order valence-corrected chi connectivity index (χ3v) is 2.24. The van der Waals surface area contributed by atoms with Crippen LogP contribution in [0.5, 0.6) is 5.75 Å². The molecule has 0 aliphatic heterocycles. The largest absolute Gasteiger partial charge is 0.490 e. The highest BCUT2D eigenvalue weighted by Crippen LogP contribution is 2.44. The van der Waals surface area contributed by atoms with Crippen LogP contribution in [0.25, 0.3) is 0 Å². The monoisotopic (exact) mass is 174 g/mol. The minimum absolute atomic E-state index is 0.199. The van der Waals surface area contributed by atoms with E-state index < -0.39 is 0 Å². The molecule has 1 saturated carbocycles. The van der Waals surface area contributed by atoms with Crippen molar-refractivity contribution in [1.29, 1.82) is 5.26 Å². The molecule has 1 aliphatic rings. The Morgan fingerprint density at radius 2 is 2.46 bits per heavy atom. The smallest absolute Gasteiger partial charge is 0.137 e. The Labute approximate surface area is 77.0 Å². The van der Waals surface area contributed by atoms with Crippen LogP contribution in [0.2, 0.25) is 0 Å². The molecule has 0 unspecified atom stereocenters. The average molecular weight is 174 g/mol. The molecule has 0 saturated heterocycles. The molecule has 2 rings (SSSR count). The maximum Gasteiger partial charge on any atom is 0.137 e. The molecule has 13 heavy (non-hydrogen) atoms. The Balaban J connectivity index is 1.91. The van der Waals surface area contributed by atoms with Gasteiger partial charge in [-0.25, -0.2) is 0 Å². The maximum absolute atomic E-state index is 8.79. The maximum atomic E-state index is 8.79. The van der Waals surface area contributed by atoms with Gasteiger partial charge in [-0.05, 0) is 25.0 Å². The summed E-state index contributed by atoms with van der Waals surface area (Å²) >= 11 is 0. The number of aromatic nitrogens is 1. The number of nitrogens with zero attached hydrogens (tertiary/aromatic N) is 2. The quantitative estimate of drug-likeness (QED) is 0.701. The molecule has 0 atom stereocenters. The summed E-state index contributed by atoms with van der Waals surface area (Å²) in [5.41, 5.74) is -0.199. The Kier molecular flexibility index (Phi) is 1.90. The van der Waals surface area contributed by atoms with Crippen molar-refractivity contribution in [2.75, 3.05) is 6.61 Å². The fourth-order valence-electron chi connectivity index (χ4n) is 1.09. The van der Waals surface area contributed by atoms with Gasteiger partial charge in [0.2, 0.25) is 0 Å². The van der Waals surface area contributed by atoms with Crippen molar-refractivity contribution in [3.8, 4) is 11.8 Å². The summed E-state index contributed by atoms with van der Waals surface area (Å²) in [6.07, 6.45) is 5.28. The number of ether oxygens (including phenoxy) is 1. The van der Waals surface area contributed by atoms with Gasteiger partial charge < -0.3 is 4.74 Å². The van der Waals surface area contributed by atoms with Crippen LogP contribution in [0, 0.1) is 16.7 Å². The predicted octanol–water partition coefficient (Wildman–Crippen LogP) is 1.76. The summed E-state index contributed by atoms with van der Waals surface area (Å²) < 4.78 is 5.44. The van der Waals surface area contributed by atoms with Crippen LogP contribution >= 0.6 is 0 Å². The van der Waals surface area contributed by atoms with Crippen LogP contribution in [0.1, 0.15) is 12.8 Å². The molecule has 0 radical (unpaired) electrons. The fraction of sp³-hybridized carbons (Fsp3) is 0.400. The molecular formula is C10H10N2O. The van der Waals surface area contributed by atoms with E-state index in [1.165, 1.54) is 0 Å². The molecule has 1 fully saturated rings. The number of nitriles is 1. The molecule has 1 aliphatic carbocycles. The summed E-state index contributed by atoms with van der Waals surface area (Å²) in [7, 11) is 0. The first-order valence-electron chi connectivity index (χ1n) is 4.29. The van der Waals surface area contributed by atoms with Gasteiger partial charge in [0, 0.05) is 6.20 Å². The van der Waals surface area contributed by atoms with E-state index in [1.807, 2.05) is 12.1 Å². The van der Waals surface area contributed by atoms with Gasteiger partial charge in [-0.15, -0.1) is 0 Å². The highest BCUT2D eigenvalue weighted by Gasteiger charge is 2.44. The van der Waals surface area contributed by atoms with Crippen LogP contribution in [0.3, 0.4) is 0 Å². The molecule has 3 nitrogen and oxygen atoms in total. The van der Waals surface area contributed by atoms with Gasteiger partial charge in [-0.1, -0.05) is 0 Å². The van der Waals surface area contributed by atoms with Gasteiger partial charge in [-0.2, -0.15) is 5.26 Å². The van der Waals surface area contributed by atoms with Crippen LogP contribution in [0.4, 0.5) is 0 Å². The second-order valence-corrected chi connectivity index (χ2v) is 3.37. The standard InChI is InChI=1S/C10H10N2O/c11-7-10(3-4-10)8-13-9-2-1-5-12-6-9/h1-2,5-6H,3-4,8H2. The summed E-state index contributed by atoms with van der Waals surface area (Å²) in [4.78, 5) is 3.92. The predicted molar refractivity (Wildman–Crippen MR) is 47.0 cm³/mol. The molecule has 1 aromatic heterocycles. The zero-order valence-electron chi connectivity index (χ0n) is 7.23. The van der Waals surface area contributed by atoms with Crippen LogP contribution < -0.4 is 4.74 Å². The molecule has 1 aromatic rings. The van der Waals surface area contributed by atoms with Gasteiger partial charge in [0.25, 0.3) is 0 Å². The van der Waals surface area contributed by atoms with Crippen molar-refractivity contribution in [2.24, 2.45) is 5.41 Å². The molecule has 0 spiro atoms. The normalized spacial score (nSPS) is 17.5. The molecule has 66 valence electrons. The van der Waals surface area contributed by atoms with Crippen molar-refractivity contribution in [2.45, 2.75) is 12.8 Å². The first-order chi connectivity index (χ1) is 6.35. The number of hydrogen-bond donors (Lipinski definition) is 0. The molecule has 0 amide bonds. The second kappa shape index (κ2) is 3.06. The van der Waals surface area contributed by atoms with Crippen LogP contribution in [-0.2, 0) is 0 Å².